The Morgan fingerprint density at radius 1 is 1.29 bits per heavy atom. The average Bonchev–Trinajstić information content (AvgIpc) is 2.94. The summed E-state index contributed by atoms with van der Waals surface area (Å²) in [5.41, 5.74) is 0. The Hall–Kier alpha value is -0.900. The van der Waals surface area contributed by atoms with E-state index in [1.807, 2.05) is 0 Å². The van der Waals surface area contributed by atoms with Crippen LogP contribution in [-0.4, -0.2) is 23.9 Å². The van der Waals surface area contributed by atoms with Crippen molar-refractivity contribution in [2.24, 2.45) is 17.8 Å². The van der Waals surface area contributed by atoms with Crippen molar-refractivity contribution in [2.75, 3.05) is 0 Å². The molecule has 0 spiro atoms. The maximum atomic E-state index is 11.5. The van der Waals surface area contributed by atoms with Crippen molar-refractivity contribution in [3.63, 3.8) is 0 Å². The highest BCUT2D eigenvalue weighted by molar-refractivity contribution is 6.05. The minimum Gasteiger partial charge on any atom is -0.303 e. The van der Waals surface area contributed by atoms with Crippen LogP contribution in [0.2, 0.25) is 0 Å². The zero-order valence-corrected chi connectivity index (χ0v) is 10.2. The van der Waals surface area contributed by atoms with Crippen molar-refractivity contribution in [1.29, 1.82) is 0 Å². The molecular weight excluding hydrogens is 216 g/mol. The summed E-state index contributed by atoms with van der Waals surface area (Å²) in [5.74, 6) is 2.19. The van der Waals surface area contributed by atoms with Crippen molar-refractivity contribution in [3.05, 3.63) is 0 Å². The topological polar surface area (TPSA) is 58.2 Å². The molecule has 0 aromatic carbocycles. The van der Waals surface area contributed by atoms with Crippen LogP contribution in [0.3, 0.4) is 0 Å². The summed E-state index contributed by atoms with van der Waals surface area (Å²) < 4.78 is 0. The molecule has 5 unspecified atom stereocenters. The SMILES string of the molecule is CC(NC1CC(=O)NC1=O)C1CC2CCC1C2. The van der Waals surface area contributed by atoms with Crippen LogP contribution in [0.15, 0.2) is 0 Å². The summed E-state index contributed by atoms with van der Waals surface area (Å²) >= 11 is 0. The lowest BCUT2D eigenvalue weighted by atomic mass is 9.83. The van der Waals surface area contributed by atoms with E-state index in [4.69, 9.17) is 0 Å². The first kappa shape index (κ1) is 11.2. The van der Waals surface area contributed by atoms with Gasteiger partial charge in [-0.3, -0.25) is 14.9 Å². The molecule has 2 N–H and O–H groups in total. The number of amides is 2. The second-order valence-electron chi connectivity index (χ2n) is 5.96. The number of hydrogen-bond acceptors (Lipinski definition) is 3. The van der Waals surface area contributed by atoms with Gasteiger partial charge in [0.05, 0.1) is 12.5 Å². The summed E-state index contributed by atoms with van der Waals surface area (Å²) in [6.07, 6.45) is 5.75. The Bertz CT molecular complexity index is 355. The molecule has 2 bridgehead atoms. The van der Waals surface area contributed by atoms with Crippen LogP contribution < -0.4 is 10.6 Å². The van der Waals surface area contributed by atoms with E-state index in [9.17, 15) is 9.59 Å². The van der Waals surface area contributed by atoms with E-state index in [0.29, 0.717) is 18.4 Å². The van der Waals surface area contributed by atoms with Gasteiger partial charge in [0.1, 0.15) is 0 Å². The standard InChI is InChI=1S/C13H20N2O2/c1-7(10-5-8-2-3-9(10)4-8)14-11-6-12(16)15-13(11)17/h7-11,14H,2-6H2,1H3,(H,15,16,17). The molecule has 2 aliphatic carbocycles. The molecule has 1 heterocycles. The van der Waals surface area contributed by atoms with E-state index < -0.39 is 0 Å². The molecule has 3 aliphatic rings. The summed E-state index contributed by atoms with van der Waals surface area (Å²) in [7, 11) is 0. The van der Waals surface area contributed by atoms with Crippen LogP contribution in [0.1, 0.15) is 39.0 Å². The molecule has 0 aromatic rings. The van der Waals surface area contributed by atoms with Gasteiger partial charge in [-0.15, -0.1) is 0 Å². The van der Waals surface area contributed by atoms with Gasteiger partial charge in [-0.05, 0) is 43.9 Å². The predicted molar refractivity (Wildman–Crippen MR) is 63.1 cm³/mol. The van der Waals surface area contributed by atoms with Crippen LogP contribution in [-0.2, 0) is 9.59 Å². The third-order valence-corrected chi connectivity index (χ3v) is 4.87. The molecule has 1 saturated heterocycles. The van der Waals surface area contributed by atoms with E-state index in [2.05, 4.69) is 17.6 Å². The molecule has 5 atom stereocenters. The smallest absolute Gasteiger partial charge is 0.244 e. The molecule has 94 valence electrons. The monoisotopic (exact) mass is 236 g/mol. The zero-order valence-electron chi connectivity index (χ0n) is 10.2. The Morgan fingerprint density at radius 2 is 2.12 bits per heavy atom. The summed E-state index contributed by atoms with van der Waals surface area (Å²) in [6.45, 7) is 2.17. The lowest BCUT2D eigenvalue weighted by Gasteiger charge is -2.30. The van der Waals surface area contributed by atoms with E-state index in [1.54, 1.807) is 0 Å². The highest BCUT2D eigenvalue weighted by Crippen LogP contribution is 2.49. The van der Waals surface area contributed by atoms with E-state index in [1.165, 1.54) is 25.7 Å². The van der Waals surface area contributed by atoms with Crippen LogP contribution in [0.5, 0.6) is 0 Å². The van der Waals surface area contributed by atoms with Gasteiger partial charge in [-0.2, -0.15) is 0 Å². The van der Waals surface area contributed by atoms with Gasteiger partial charge in [0.25, 0.3) is 0 Å². The quantitative estimate of drug-likeness (QED) is 0.713. The fraction of sp³-hybridized carbons (Fsp3) is 0.846. The van der Waals surface area contributed by atoms with Crippen molar-refractivity contribution >= 4 is 11.8 Å². The van der Waals surface area contributed by atoms with Gasteiger partial charge in [0, 0.05) is 6.04 Å². The Balaban J connectivity index is 1.58. The Labute approximate surface area is 102 Å². The molecule has 3 rings (SSSR count). The Morgan fingerprint density at radius 3 is 2.65 bits per heavy atom. The van der Waals surface area contributed by atoms with Crippen LogP contribution in [0.4, 0.5) is 0 Å². The molecule has 0 aromatic heterocycles. The number of nitrogens with one attached hydrogen (secondary N) is 2. The minimum atomic E-state index is -0.295. The van der Waals surface area contributed by atoms with Crippen molar-refractivity contribution in [3.8, 4) is 0 Å². The highest BCUT2D eigenvalue weighted by Gasteiger charge is 2.43. The van der Waals surface area contributed by atoms with E-state index >= 15 is 0 Å². The predicted octanol–water partition coefficient (Wildman–Crippen LogP) is 0.816. The summed E-state index contributed by atoms with van der Waals surface area (Å²) in [5, 5.41) is 5.71. The molecule has 3 fully saturated rings. The highest BCUT2D eigenvalue weighted by atomic mass is 16.2. The third-order valence-electron chi connectivity index (χ3n) is 4.87. The van der Waals surface area contributed by atoms with Gasteiger partial charge in [-0.1, -0.05) is 6.42 Å². The summed E-state index contributed by atoms with van der Waals surface area (Å²) in [4.78, 5) is 22.6. The van der Waals surface area contributed by atoms with E-state index in [-0.39, 0.29) is 17.9 Å². The second kappa shape index (κ2) is 4.09. The van der Waals surface area contributed by atoms with Crippen molar-refractivity contribution < 1.29 is 9.59 Å². The molecular formula is C13H20N2O2. The van der Waals surface area contributed by atoms with E-state index in [0.717, 1.165) is 11.8 Å². The molecule has 2 saturated carbocycles. The number of rotatable bonds is 3. The Kier molecular flexibility index (Phi) is 2.69. The number of carbonyl (C=O) groups is 2. The zero-order chi connectivity index (χ0) is 12.0. The second-order valence-corrected chi connectivity index (χ2v) is 5.96. The fourth-order valence-corrected chi connectivity index (χ4v) is 4.04. The number of imide groups is 1. The van der Waals surface area contributed by atoms with Crippen LogP contribution in [0.25, 0.3) is 0 Å². The first-order chi connectivity index (χ1) is 8.13. The lowest BCUT2D eigenvalue weighted by molar-refractivity contribution is -0.125. The lowest BCUT2D eigenvalue weighted by Crippen LogP contribution is -2.45. The first-order valence-corrected chi connectivity index (χ1v) is 6.73. The van der Waals surface area contributed by atoms with Gasteiger partial charge in [0.2, 0.25) is 11.8 Å². The molecule has 1 aliphatic heterocycles. The number of hydrogen-bond donors (Lipinski definition) is 2. The molecule has 4 nitrogen and oxygen atoms in total. The molecule has 0 radical (unpaired) electrons. The third kappa shape index (κ3) is 1.99. The van der Waals surface area contributed by atoms with Gasteiger partial charge in [0.15, 0.2) is 0 Å². The normalized spacial score (nSPS) is 41.9. The van der Waals surface area contributed by atoms with Gasteiger partial charge in [-0.25, -0.2) is 0 Å². The number of fused-ring (bicyclic) bond motifs is 2. The maximum absolute atomic E-state index is 11.5. The minimum absolute atomic E-state index is 0.146. The largest absolute Gasteiger partial charge is 0.303 e. The maximum Gasteiger partial charge on any atom is 0.244 e. The van der Waals surface area contributed by atoms with Crippen molar-refractivity contribution in [1.82, 2.24) is 10.6 Å². The molecule has 17 heavy (non-hydrogen) atoms. The molecule has 2 amide bonds. The fourth-order valence-electron chi connectivity index (χ4n) is 4.04. The van der Waals surface area contributed by atoms with Crippen LogP contribution in [0, 0.1) is 17.8 Å². The summed E-state index contributed by atoms with van der Waals surface area (Å²) in [6, 6.07) is 0.0589. The van der Waals surface area contributed by atoms with Gasteiger partial charge >= 0.3 is 0 Å². The first-order valence-electron chi connectivity index (χ1n) is 6.73. The average molecular weight is 236 g/mol. The van der Waals surface area contributed by atoms with Crippen LogP contribution >= 0.6 is 0 Å². The molecule has 4 heteroatoms. The number of carbonyl (C=O) groups excluding carboxylic acids is 2. The van der Waals surface area contributed by atoms with Gasteiger partial charge < -0.3 is 5.32 Å². The van der Waals surface area contributed by atoms with Crippen molar-refractivity contribution in [2.45, 2.75) is 51.1 Å².